The lowest BCUT2D eigenvalue weighted by atomic mass is 10.2. The molecular weight excluding hydrogens is 406 g/mol. The van der Waals surface area contributed by atoms with Crippen LogP contribution in [0.1, 0.15) is 29.8 Å². The standard InChI is InChI=1S/C21H25N3O5S/c1-13(2)23-21(30)24-22-12-14-6-8-16(9-7-14)29-20(25)15-10-17(26-3)19(28-5)18(11-15)27-4/h6-13H,1-5H3,(H2,23,24,30)/b22-12+. The van der Waals surface area contributed by atoms with Gasteiger partial charge in [-0.05, 0) is 68.0 Å². The highest BCUT2D eigenvalue weighted by atomic mass is 32.1. The lowest BCUT2D eigenvalue weighted by Crippen LogP contribution is -2.36. The van der Waals surface area contributed by atoms with Gasteiger partial charge in [0.15, 0.2) is 16.6 Å². The summed E-state index contributed by atoms with van der Waals surface area (Å²) in [6.07, 6.45) is 1.61. The maximum absolute atomic E-state index is 12.5. The minimum Gasteiger partial charge on any atom is -0.493 e. The Balaban J connectivity index is 2.05. The third-order valence-electron chi connectivity index (χ3n) is 3.79. The van der Waals surface area contributed by atoms with Gasteiger partial charge in [0, 0.05) is 6.04 Å². The van der Waals surface area contributed by atoms with Crippen LogP contribution in [0.3, 0.4) is 0 Å². The van der Waals surface area contributed by atoms with Crippen molar-refractivity contribution in [3.63, 3.8) is 0 Å². The summed E-state index contributed by atoms with van der Waals surface area (Å²) in [5.41, 5.74) is 3.81. The number of carbonyl (C=O) groups excluding carboxylic acids is 1. The molecule has 0 heterocycles. The fourth-order valence-electron chi connectivity index (χ4n) is 2.45. The van der Waals surface area contributed by atoms with Crippen LogP contribution in [0.5, 0.6) is 23.0 Å². The predicted octanol–water partition coefficient (Wildman–Crippen LogP) is 3.14. The molecule has 0 amide bonds. The molecule has 0 saturated heterocycles. The van der Waals surface area contributed by atoms with Gasteiger partial charge in [-0.3, -0.25) is 5.43 Å². The highest BCUT2D eigenvalue weighted by molar-refractivity contribution is 7.80. The highest BCUT2D eigenvalue weighted by Gasteiger charge is 2.18. The second-order valence-corrected chi connectivity index (χ2v) is 6.78. The summed E-state index contributed by atoms with van der Waals surface area (Å²) >= 11 is 5.09. The number of hydrazone groups is 1. The van der Waals surface area contributed by atoms with Gasteiger partial charge in [-0.2, -0.15) is 5.10 Å². The largest absolute Gasteiger partial charge is 0.493 e. The first kappa shape index (κ1) is 23.0. The Morgan fingerprint density at radius 1 is 1.03 bits per heavy atom. The monoisotopic (exact) mass is 431 g/mol. The summed E-state index contributed by atoms with van der Waals surface area (Å²) < 4.78 is 21.2. The van der Waals surface area contributed by atoms with Crippen LogP contribution >= 0.6 is 12.2 Å². The third kappa shape index (κ3) is 6.35. The Hall–Kier alpha value is -3.33. The van der Waals surface area contributed by atoms with E-state index in [9.17, 15) is 4.79 Å². The average molecular weight is 432 g/mol. The summed E-state index contributed by atoms with van der Waals surface area (Å²) in [6, 6.07) is 10.2. The fourth-order valence-corrected chi connectivity index (χ4v) is 2.74. The van der Waals surface area contributed by atoms with Gasteiger partial charge in [-0.25, -0.2) is 4.79 Å². The van der Waals surface area contributed by atoms with Crippen LogP contribution in [0, 0.1) is 0 Å². The van der Waals surface area contributed by atoms with Gasteiger partial charge < -0.3 is 24.3 Å². The van der Waals surface area contributed by atoms with E-state index in [2.05, 4.69) is 15.8 Å². The first-order valence-electron chi connectivity index (χ1n) is 9.09. The van der Waals surface area contributed by atoms with Crippen molar-refractivity contribution >= 4 is 29.5 Å². The smallest absolute Gasteiger partial charge is 0.343 e. The molecule has 9 heteroatoms. The predicted molar refractivity (Wildman–Crippen MR) is 119 cm³/mol. The van der Waals surface area contributed by atoms with Crippen LogP contribution in [-0.4, -0.2) is 44.7 Å². The molecule has 0 aromatic heterocycles. The molecule has 0 atom stereocenters. The summed E-state index contributed by atoms with van der Waals surface area (Å²) in [6.45, 7) is 3.96. The van der Waals surface area contributed by atoms with E-state index in [4.69, 9.17) is 31.2 Å². The Kier molecular flexibility index (Phi) is 8.42. The number of esters is 1. The van der Waals surface area contributed by atoms with Crippen LogP contribution in [0.4, 0.5) is 0 Å². The first-order chi connectivity index (χ1) is 14.4. The molecule has 0 aliphatic heterocycles. The lowest BCUT2D eigenvalue weighted by molar-refractivity contribution is 0.0734. The summed E-state index contributed by atoms with van der Waals surface area (Å²) in [5, 5.41) is 7.53. The van der Waals surface area contributed by atoms with Gasteiger partial charge in [0.25, 0.3) is 0 Å². The van der Waals surface area contributed by atoms with Crippen molar-refractivity contribution in [3.05, 3.63) is 47.5 Å². The number of hydrogen-bond acceptors (Lipinski definition) is 7. The normalized spacial score (nSPS) is 10.6. The zero-order valence-electron chi connectivity index (χ0n) is 17.5. The molecule has 0 fully saturated rings. The number of rotatable bonds is 8. The molecule has 0 aliphatic carbocycles. The van der Waals surface area contributed by atoms with Gasteiger partial charge in [0.2, 0.25) is 5.75 Å². The Labute approximate surface area is 181 Å². The van der Waals surface area contributed by atoms with Gasteiger partial charge in [-0.15, -0.1) is 0 Å². The van der Waals surface area contributed by atoms with Crippen LogP contribution in [-0.2, 0) is 0 Å². The molecule has 2 rings (SSSR count). The SMILES string of the molecule is COc1cc(C(=O)Oc2ccc(/C=N/NC(=S)NC(C)C)cc2)cc(OC)c1OC. The Bertz CT molecular complexity index is 888. The van der Waals surface area contributed by atoms with Crippen LogP contribution in [0.15, 0.2) is 41.5 Å². The van der Waals surface area contributed by atoms with E-state index in [1.54, 1.807) is 30.5 Å². The molecule has 2 aromatic carbocycles. The number of hydrogen-bond donors (Lipinski definition) is 2. The molecule has 2 aromatic rings. The molecular formula is C21H25N3O5S. The van der Waals surface area contributed by atoms with Crippen LogP contribution < -0.4 is 29.7 Å². The summed E-state index contributed by atoms with van der Waals surface area (Å²) in [5.74, 6) is 0.968. The third-order valence-corrected chi connectivity index (χ3v) is 4.00. The van der Waals surface area contributed by atoms with Gasteiger partial charge in [0.1, 0.15) is 5.75 Å². The molecule has 160 valence electrons. The Morgan fingerprint density at radius 2 is 1.63 bits per heavy atom. The summed E-state index contributed by atoms with van der Waals surface area (Å²) in [7, 11) is 4.45. The highest BCUT2D eigenvalue weighted by Crippen LogP contribution is 2.38. The van der Waals surface area contributed by atoms with Crippen molar-refractivity contribution < 1.29 is 23.7 Å². The van der Waals surface area contributed by atoms with Gasteiger partial charge in [-0.1, -0.05) is 0 Å². The number of benzene rings is 2. The minimum atomic E-state index is -0.553. The number of ether oxygens (including phenoxy) is 4. The van der Waals surface area contributed by atoms with Crippen molar-refractivity contribution in [2.24, 2.45) is 5.10 Å². The molecule has 0 spiro atoms. The van der Waals surface area contributed by atoms with Crippen LogP contribution in [0.2, 0.25) is 0 Å². The molecule has 0 unspecified atom stereocenters. The van der Waals surface area contributed by atoms with E-state index in [1.165, 1.54) is 33.5 Å². The van der Waals surface area contributed by atoms with Gasteiger partial charge >= 0.3 is 5.97 Å². The zero-order valence-corrected chi connectivity index (χ0v) is 18.3. The van der Waals surface area contributed by atoms with Crippen molar-refractivity contribution in [1.29, 1.82) is 0 Å². The summed E-state index contributed by atoms with van der Waals surface area (Å²) in [4.78, 5) is 12.5. The second kappa shape index (κ2) is 11.0. The maximum atomic E-state index is 12.5. The second-order valence-electron chi connectivity index (χ2n) is 6.37. The topological polar surface area (TPSA) is 90.4 Å². The Morgan fingerprint density at radius 3 is 2.13 bits per heavy atom. The maximum Gasteiger partial charge on any atom is 0.343 e. The van der Waals surface area contributed by atoms with E-state index in [-0.39, 0.29) is 11.6 Å². The van der Waals surface area contributed by atoms with Crippen molar-refractivity contribution in [1.82, 2.24) is 10.7 Å². The lowest BCUT2D eigenvalue weighted by Gasteiger charge is -2.13. The van der Waals surface area contributed by atoms with E-state index >= 15 is 0 Å². The average Bonchev–Trinajstić information content (AvgIpc) is 2.73. The van der Waals surface area contributed by atoms with Gasteiger partial charge in [0.05, 0.1) is 33.1 Å². The number of carbonyl (C=O) groups is 1. The van der Waals surface area contributed by atoms with Crippen molar-refractivity contribution in [2.45, 2.75) is 19.9 Å². The first-order valence-corrected chi connectivity index (χ1v) is 9.50. The zero-order chi connectivity index (χ0) is 22.1. The molecule has 0 radical (unpaired) electrons. The van der Waals surface area contributed by atoms with E-state index in [0.717, 1.165) is 5.56 Å². The van der Waals surface area contributed by atoms with Crippen molar-refractivity contribution in [3.8, 4) is 23.0 Å². The van der Waals surface area contributed by atoms with Crippen LogP contribution in [0.25, 0.3) is 0 Å². The van der Waals surface area contributed by atoms with Crippen molar-refractivity contribution in [2.75, 3.05) is 21.3 Å². The number of thiocarbonyl (C=S) groups is 1. The minimum absolute atomic E-state index is 0.222. The number of methoxy groups -OCH3 is 3. The molecule has 0 saturated carbocycles. The number of nitrogens with one attached hydrogen (secondary N) is 2. The number of nitrogens with zero attached hydrogens (tertiary/aromatic N) is 1. The molecule has 2 N–H and O–H groups in total. The molecule has 0 aliphatic rings. The molecule has 0 bridgehead atoms. The van der Waals surface area contributed by atoms with E-state index in [1.807, 2.05) is 13.8 Å². The quantitative estimate of drug-likeness (QED) is 0.217. The fraction of sp³-hybridized carbons (Fsp3) is 0.286. The molecule has 30 heavy (non-hydrogen) atoms. The van der Waals surface area contributed by atoms with E-state index < -0.39 is 5.97 Å². The molecule has 8 nitrogen and oxygen atoms in total. The van der Waals surface area contributed by atoms with E-state index in [0.29, 0.717) is 28.1 Å².